The Hall–Kier alpha value is -4.00. The van der Waals surface area contributed by atoms with Crippen molar-refractivity contribution in [3.05, 3.63) is 101 Å². The zero-order valence-corrected chi connectivity index (χ0v) is 18.7. The number of aryl methyl sites for hydroxylation is 1. The summed E-state index contributed by atoms with van der Waals surface area (Å²) in [6.07, 6.45) is 0.839. The molecule has 1 N–H and O–H groups in total. The molecule has 0 radical (unpaired) electrons. The Morgan fingerprint density at radius 3 is 2.38 bits per heavy atom. The van der Waals surface area contributed by atoms with Crippen LogP contribution < -0.4 is 9.64 Å². The van der Waals surface area contributed by atoms with Gasteiger partial charge in [0, 0.05) is 17.3 Å². The number of hydrogen-bond donors (Lipinski definition) is 1. The molecular weight excluding hydrogens is 440 g/mol. The van der Waals surface area contributed by atoms with Gasteiger partial charge in [0.2, 0.25) is 0 Å². The Morgan fingerprint density at radius 2 is 1.74 bits per heavy atom. The van der Waals surface area contributed by atoms with E-state index in [1.54, 1.807) is 48.5 Å². The van der Waals surface area contributed by atoms with Gasteiger partial charge in [-0.25, -0.2) is 8.78 Å². The smallest absolute Gasteiger partial charge is 0.300 e. The Bertz CT molecular complexity index is 1290. The van der Waals surface area contributed by atoms with Crippen molar-refractivity contribution >= 4 is 23.1 Å². The summed E-state index contributed by atoms with van der Waals surface area (Å²) in [5, 5.41) is 11.2. The highest BCUT2D eigenvalue weighted by Gasteiger charge is 2.47. The van der Waals surface area contributed by atoms with Crippen molar-refractivity contribution in [2.45, 2.75) is 26.3 Å². The lowest BCUT2D eigenvalue weighted by Gasteiger charge is -2.25. The Kier molecular flexibility index (Phi) is 6.45. The summed E-state index contributed by atoms with van der Waals surface area (Å²) in [4.78, 5) is 27.3. The van der Waals surface area contributed by atoms with E-state index in [0.717, 1.165) is 29.0 Å². The number of anilines is 1. The van der Waals surface area contributed by atoms with Crippen molar-refractivity contribution in [1.82, 2.24) is 0 Å². The van der Waals surface area contributed by atoms with Crippen LogP contribution in [-0.4, -0.2) is 23.4 Å². The predicted octanol–water partition coefficient (Wildman–Crippen LogP) is 5.69. The van der Waals surface area contributed by atoms with Crippen LogP contribution in [0, 0.1) is 18.6 Å². The highest BCUT2D eigenvalue weighted by atomic mass is 19.2. The van der Waals surface area contributed by atoms with Gasteiger partial charge in [0.15, 0.2) is 11.6 Å². The maximum Gasteiger partial charge on any atom is 0.300 e. The average molecular weight is 463 g/mol. The van der Waals surface area contributed by atoms with E-state index in [-0.39, 0.29) is 17.0 Å². The van der Waals surface area contributed by atoms with Gasteiger partial charge < -0.3 is 9.84 Å². The van der Waals surface area contributed by atoms with Gasteiger partial charge in [-0.2, -0.15) is 0 Å². The second-order valence-electron chi connectivity index (χ2n) is 8.01. The van der Waals surface area contributed by atoms with Gasteiger partial charge in [0.1, 0.15) is 11.5 Å². The van der Waals surface area contributed by atoms with Gasteiger partial charge in [-0.1, -0.05) is 37.3 Å². The lowest BCUT2D eigenvalue weighted by molar-refractivity contribution is -0.132. The molecule has 5 nitrogen and oxygen atoms in total. The number of rotatable bonds is 6. The maximum atomic E-state index is 14.0. The van der Waals surface area contributed by atoms with Crippen molar-refractivity contribution in [1.29, 1.82) is 0 Å². The molecule has 3 aromatic carbocycles. The van der Waals surface area contributed by atoms with Gasteiger partial charge in [0.05, 0.1) is 18.2 Å². The molecular formula is C27H23F2NO4. The zero-order valence-electron chi connectivity index (χ0n) is 18.7. The summed E-state index contributed by atoms with van der Waals surface area (Å²) in [6.45, 7) is 4.35. The van der Waals surface area contributed by atoms with E-state index in [4.69, 9.17) is 4.74 Å². The SMILES string of the molecule is CCCOc1ccc(/C(O)=C2\C(=O)C(=O)N(c3ccc(F)c(F)c3)C2c2ccccc2)cc1C. The Balaban J connectivity index is 1.87. The van der Waals surface area contributed by atoms with Crippen LogP contribution in [0.4, 0.5) is 14.5 Å². The molecule has 0 spiro atoms. The number of hydrogen-bond acceptors (Lipinski definition) is 4. The van der Waals surface area contributed by atoms with Crippen molar-refractivity contribution in [2.24, 2.45) is 0 Å². The first kappa shape index (κ1) is 23.2. The first-order valence-corrected chi connectivity index (χ1v) is 10.9. The van der Waals surface area contributed by atoms with Gasteiger partial charge in [-0.05, 0) is 54.8 Å². The van der Waals surface area contributed by atoms with Gasteiger partial charge in [0.25, 0.3) is 11.7 Å². The predicted molar refractivity (Wildman–Crippen MR) is 125 cm³/mol. The number of ether oxygens (including phenoxy) is 1. The molecule has 1 saturated heterocycles. The molecule has 0 aromatic heterocycles. The largest absolute Gasteiger partial charge is 0.507 e. The lowest BCUT2D eigenvalue weighted by atomic mass is 9.94. The molecule has 1 aliphatic rings. The zero-order chi connectivity index (χ0) is 24.4. The number of Topliss-reactive ketones (excluding diaryl/α,β-unsaturated/α-hetero) is 1. The van der Waals surface area contributed by atoms with Crippen LogP contribution >= 0.6 is 0 Å². The summed E-state index contributed by atoms with van der Waals surface area (Å²) >= 11 is 0. The molecule has 174 valence electrons. The number of benzene rings is 3. The standard InChI is InChI=1S/C27H23F2NO4/c1-3-13-34-22-12-9-18(14-16(22)2)25(31)23-24(17-7-5-4-6-8-17)30(27(33)26(23)32)19-10-11-20(28)21(29)15-19/h4-12,14-15,24,31H,3,13H2,1-2H3/b25-23+. The maximum absolute atomic E-state index is 14.0. The highest BCUT2D eigenvalue weighted by molar-refractivity contribution is 6.51. The third-order valence-corrected chi connectivity index (χ3v) is 5.65. The van der Waals surface area contributed by atoms with E-state index >= 15 is 0 Å². The number of carbonyl (C=O) groups excluding carboxylic acids is 2. The first-order valence-electron chi connectivity index (χ1n) is 10.9. The number of nitrogens with zero attached hydrogens (tertiary/aromatic N) is 1. The van der Waals surface area contributed by atoms with Gasteiger partial charge >= 0.3 is 0 Å². The van der Waals surface area contributed by atoms with Crippen LogP contribution in [0.1, 0.15) is 36.1 Å². The van der Waals surface area contributed by atoms with Gasteiger partial charge in [-0.15, -0.1) is 0 Å². The molecule has 0 aliphatic carbocycles. The molecule has 34 heavy (non-hydrogen) atoms. The van der Waals surface area contributed by atoms with Gasteiger partial charge in [-0.3, -0.25) is 14.5 Å². The van der Waals surface area contributed by atoms with Crippen LogP contribution in [0.2, 0.25) is 0 Å². The van der Waals surface area contributed by atoms with E-state index in [0.29, 0.717) is 23.5 Å². The first-order chi connectivity index (χ1) is 16.3. The second kappa shape index (κ2) is 9.47. The Morgan fingerprint density at radius 1 is 1.00 bits per heavy atom. The minimum Gasteiger partial charge on any atom is -0.507 e. The van der Waals surface area contributed by atoms with Crippen LogP contribution in [-0.2, 0) is 9.59 Å². The number of halogens is 2. The van der Waals surface area contributed by atoms with Crippen molar-refractivity contribution in [3.8, 4) is 5.75 Å². The third-order valence-electron chi connectivity index (χ3n) is 5.65. The molecule has 1 aliphatic heterocycles. The van der Waals surface area contributed by atoms with Crippen LogP contribution in [0.3, 0.4) is 0 Å². The second-order valence-corrected chi connectivity index (χ2v) is 8.01. The number of amides is 1. The van der Waals surface area contributed by atoms with E-state index in [9.17, 15) is 23.5 Å². The lowest BCUT2D eigenvalue weighted by Crippen LogP contribution is -2.29. The monoisotopic (exact) mass is 463 g/mol. The molecule has 1 heterocycles. The molecule has 1 fully saturated rings. The minimum atomic E-state index is -1.15. The summed E-state index contributed by atoms with van der Waals surface area (Å²) in [7, 11) is 0. The van der Waals surface area contributed by atoms with E-state index < -0.39 is 29.4 Å². The quantitative estimate of drug-likeness (QED) is 0.290. The topological polar surface area (TPSA) is 66.8 Å². The summed E-state index contributed by atoms with van der Waals surface area (Å²) in [5.41, 5.74) is 1.50. The third kappa shape index (κ3) is 4.17. The highest BCUT2D eigenvalue weighted by Crippen LogP contribution is 2.42. The fourth-order valence-electron chi connectivity index (χ4n) is 4.01. The van der Waals surface area contributed by atoms with Crippen molar-refractivity contribution in [3.63, 3.8) is 0 Å². The summed E-state index contributed by atoms with van der Waals surface area (Å²) < 4.78 is 33.2. The molecule has 1 atom stereocenters. The number of carbonyl (C=O) groups is 2. The van der Waals surface area contributed by atoms with Crippen LogP contribution in [0.5, 0.6) is 5.75 Å². The van der Waals surface area contributed by atoms with E-state index in [1.165, 1.54) is 6.07 Å². The molecule has 0 bridgehead atoms. The summed E-state index contributed by atoms with van der Waals surface area (Å²) in [5.74, 6) is -3.79. The van der Waals surface area contributed by atoms with E-state index in [1.807, 2.05) is 13.8 Å². The molecule has 7 heteroatoms. The molecule has 4 rings (SSSR count). The summed E-state index contributed by atoms with van der Waals surface area (Å²) in [6, 6.07) is 15.6. The average Bonchev–Trinajstić information content (AvgIpc) is 3.10. The van der Waals surface area contributed by atoms with Crippen LogP contribution in [0.25, 0.3) is 5.76 Å². The normalized spacial score (nSPS) is 17.3. The number of ketones is 1. The van der Waals surface area contributed by atoms with E-state index in [2.05, 4.69) is 0 Å². The molecule has 1 unspecified atom stereocenters. The molecule has 1 amide bonds. The fraction of sp³-hybridized carbons (Fsp3) is 0.185. The van der Waals surface area contributed by atoms with Crippen molar-refractivity contribution < 1.29 is 28.2 Å². The fourth-order valence-corrected chi connectivity index (χ4v) is 4.01. The Labute approximate surface area is 195 Å². The number of aliphatic hydroxyl groups excluding tert-OH is 1. The minimum absolute atomic E-state index is 0.00778. The number of aliphatic hydroxyl groups is 1. The molecule has 3 aromatic rings. The van der Waals surface area contributed by atoms with Crippen LogP contribution in [0.15, 0.2) is 72.3 Å². The van der Waals surface area contributed by atoms with Crippen molar-refractivity contribution in [2.75, 3.05) is 11.5 Å². The molecule has 0 saturated carbocycles.